The quantitative estimate of drug-likeness (QED) is 0.909. The van der Waals surface area contributed by atoms with Gasteiger partial charge in [0.2, 0.25) is 10.0 Å². The normalized spacial score (nSPS) is 17.5. The molecule has 2 aromatic rings. The minimum atomic E-state index is -3.69. The van der Waals surface area contributed by atoms with E-state index in [-0.39, 0.29) is 10.9 Å². The number of nitrogens with one attached hydrogen (secondary N) is 1. The number of rotatable bonds is 3. The lowest BCUT2D eigenvalue weighted by molar-refractivity contribution is 0.598. The van der Waals surface area contributed by atoms with Gasteiger partial charge in [0.05, 0.1) is 16.6 Å². The number of nitrogens with two attached hydrogens (primary N) is 1. The molecule has 6 heteroatoms. The first-order valence-corrected chi connectivity index (χ1v) is 8.33. The van der Waals surface area contributed by atoms with Crippen molar-refractivity contribution in [3.05, 3.63) is 53.3 Å². The minimum Gasteiger partial charge on any atom is -0.376 e. The number of primary sulfonamides is 1. The second kappa shape index (κ2) is 5.13. The van der Waals surface area contributed by atoms with E-state index >= 15 is 0 Å². The van der Waals surface area contributed by atoms with Gasteiger partial charge in [0.1, 0.15) is 0 Å². The van der Waals surface area contributed by atoms with Crippen molar-refractivity contribution in [2.24, 2.45) is 5.14 Å². The van der Waals surface area contributed by atoms with E-state index in [1.807, 2.05) is 13.0 Å². The molecule has 0 saturated heterocycles. The third-order valence-corrected chi connectivity index (χ3v) is 4.74. The summed E-state index contributed by atoms with van der Waals surface area (Å²) in [5, 5.41) is 8.59. The van der Waals surface area contributed by atoms with E-state index in [4.69, 9.17) is 5.14 Å². The topological polar surface area (TPSA) is 85.1 Å². The van der Waals surface area contributed by atoms with Crippen LogP contribution in [0.3, 0.4) is 0 Å². The van der Waals surface area contributed by atoms with Crippen LogP contribution >= 0.6 is 0 Å². The average Bonchev–Trinajstić information content (AvgIpc) is 2.83. The second-order valence-electron chi connectivity index (χ2n) is 5.31. The summed E-state index contributed by atoms with van der Waals surface area (Å²) in [5.41, 5.74) is 4.05. The van der Waals surface area contributed by atoms with Crippen molar-refractivity contribution in [2.45, 2.75) is 30.7 Å². The maximum atomic E-state index is 11.5. The molecular weight excluding hydrogens is 286 g/mol. The standard InChI is InChI=1S/C15H17N3O2S/c1-10-4-6-12(21(16,19)20)9-14(10)18-13-7-5-11-3-2-8-17-15(11)13/h2-4,6,8-9,13,18H,5,7H2,1H3,(H2,16,19,20). The van der Waals surface area contributed by atoms with Crippen LogP contribution in [0.2, 0.25) is 0 Å². The van der Waals surface area contributed by atoms with Gasteiger partial charge in [-0.1, -0.05) is 12.1 Å². The average molecular weight is 303 g/mol. The molecule has 3 N–H and O–H groups in total. The van der Waals surface area contributed by atoms with Gasteiger partial charge >= 0.3 is 0 Å². The number of sulfonamides is 1. The Labute approximate surface area is 124 Å². The summed E-state index contributed by atoms with van der Waals surface area (Å²) in [6, 6.07) is 9.00. The van der Waals surface area contributed by atoms with Crippen molar-refractivity contribution in [3.8, 4) is 0 Å². The largest absolute Gasteiger partial charge is 0.376 e. The van der Waals surface area contributed by atoms with Gasteiger partial charge in [0.15, 0.2) is 0 Å². The third kappa shape index (κ3) is 2.77. The monoisotopic (exact) mass is 303 g/mol. The van der Waals surface area contributed by atoms with Crippen LogP contribution in [0, 0.1) is 6.92 Å². The number of pyridine rings is 1. The first-order chi connectivity index (χ1) is 9.95. The molecule has 0 spiro atoms. The van der Waals surface area contributed by atoms with Crippen molar-refractivity contribution >= 4 is 15.7 Å². The number of aromatic nitrogens is 1. The molecule has 3 rings (SSSR count). The van der Waals surface area contributed by atoms with Crippen molar-refractivity contribution in [1.29, 1.82) is 0 Å². The molecule has 0 bridgehead atoms. The zero-order chi connectivity index (χ0) is 15.0. The number of aryl methyl sites for hydroxylation is 2. The first kappa shape index (κ1) is 14.0. The smallest absolute Gasteiger partial charge is 0.238 e. The fourth-order valence-electron chi connectivity index (χ4n) is 2.67. The Morgan fingerprint density at radius 1 is 1.33 bits per heavy atom. The van der Waals surface area contributed by atoms with Crippen LogP contribution < -0.4 is 10.5 Å². The highest BCUT2D eigenvalue weighted by atomic mass is 32.2. The molecule has 0 saturated carbocycles. The highest BCUT2D eigenvalue weighted by Gasteiger charge is 2.24. The predicted octanol–water partition coefficient (Wildman–Crippen LogP) is 2.14. The van der Waals surface area contributed by atoms with E-state index < -0.39 is 10.0 Å². The van der Waals surface area contributed by atoms with Crippen LogP contribution in [-0.4, -0.2) is 13.4 Å². The van der Waals surface area contributed by atoms with E-state index in [9.17, 15) is 8.42 Å². The third-order valence-electron chi connectivity index (χ3n) is 3.83. The number of benzene rings is 1. The first-order valence-electron chi connectivity index (χ1n) is 6.79. The Kier molecular flexibility index (Phi) is 3.43. The number of nitrogens with zero attached hydrogens (tertiary/aromatic N) is 1. The summed E-state index contributed by atoms with van der Waals surface area (Å²) >= 11 is 0. The molecule has 5 nitrogen and oxygen atoms in total. The summed E-state index contributed by atoms with van der Waals surface area (Å²) in [6.45, 7) is 1.93. The Morgan fingerprint density at radius 2 is 2.14 bits per heavy atom. The molecule has 1 aliphatic rings. The SMILES string of the molecule is Cc1ccc(S(N)(=O)=O)cc1NC1CCc2cccnc21. The van der Waals surface area contributed by atoms with Gasteiger partial charge in [-0.15, -0.1) is 0 Å². The van der Waals surface area contributed by atoms with Gasteiger partial charge in [-0.2, -0.15) is 0 Å². The molecule has 1 aromatic carbocycles. The molecule has 1 aliphatic carbocycles. The van der Waals surface area contributed by atoms with Crippen LogP contribution in [0.1, 0.15) is 29.3 Å². The van der Waals surface area contributed by atoms with E-state index in [0.717, 1.165) is 29.8 Å². The van der Waals surface area contributed by atoms with E-state index in [1.54, 1.807) is 18.3 Å². The lowest BCUT2D eigenvalue weighted by Gasteiger charge is -2.17. The van der Waals surface area contributed by atoms with Gasteiger partial charge in [-0.3, -0.25) is 4.98 Å². The lowest BCUT2D eigenvalue weighted by Crippen LogP contribution is -2.14. The highest BCUT2D eigenvalue weighted by Crippen LogP contribution is 2.33. The zero-order valence-electron chi connectivity index (χ0n) is 11.7. The lowest BCUT2D eigenvalue weighted by atomic mass is 10.1. The van der Waals surface area contributed by atoms with Gasteiger partial charge in [-0.05, 0) is 49.1 Å². The Balaban J connectivity index is 1.93. The van der Waals surface area contributed by atoms with Crippen LogP contribution in [-0.2, 0) is 16.4 Å². The van der Waals surface area contributed by atoms with Crippen molar-refractivity contribution < 1.29 is 8.42 Å². The Hall–Kier alpha value is -1.92. The van der Waals surface area contributed by atoms with Crippen molar-refractivity contribution in [3.63, 3.8) is 0 Å². The second-order valence-corrected chi connectivity index (χ2v) is 6.87. The van der Waals surface area contributed by atoms with Crippen molar-refractivity contribution in [2.75, 3.05) is 5.32 Å². The molecule has 0 aliphatic heterocycles. The van der Waals surface area contributed by atoms with Gasteiger partial charge in [0.25, 0.3) is 0 Å². The molecule has 110 valence electrons. The molecule has 1 unspecified atom stereocenters. The molecular formula is C15H17N3O2S. The van der Waals surface area contributed by atoms with Crippen LogP contribution in [0.25, 0.3) is 0 Å². The zero-order valence-corrected chi connectivity index (χ0v) is 12.5. The molecule has 0 radical (unpaired) electrons. The van der Waals surface area contributed by atoms with Crippen LogP contribution in [0.15, 0.2) is 41.4 Å². The maximum absolute atomic E-state index is 11.5. The summed E-state index contributed by atoms with van der Waals surface area (Å²) in [6.07, 6.45) is 3.71. The molecule has 21 heavy (non-hydrogen) atoms. The van der Waals surface area contributed by atoms with Crippen LogP contribution in [0.5, 0.6) is 0 Å². The fourth-order valence-corrected chi connectivity index (χ4v) is 3.21. The number of hydrogen-bond acceptors (Lipinski definition) is 4. The summed E-state index contributed by atoms with van der Waals surface area (Å²) in [4.78, 5) is 4.55. The van der Waals surface area contributed by atoms with Gasteiger partial charge in [0, 0.05) is 11.9 Å². The fraction of sp³-hybridized carbons (Fsp3) is 0.267. The Bertz CT molecular complexity index is 787. The molecule has 1 heterocycles. The van der Waals surface area contributed by atoms with E-state index in [2.05, 4.69) is 16.4 Å². The highest BCUT2D eigenvalue weighted by molar-refractivity contribution is 7.89. The summed E-state index contributed by atoms with van der Waals surface area (Å²) < 4.78 is 22.9. The molecule has 1 atom stereocenters. The number of fused-ring (bicyclic) bond motifs is 1. The number of hydrogen-bond donors (Lipinski definition) is 2. The summed E-state index contributed by atoms with van der Waals surface area (Å²) in [5.74, 6) is 0. The van der Waals surface area contributed by atoms with Gasteiger partial charge in [-0.25, -0.2) is 13.6 Å². The Morgan fingerprint density at radius 3 is 2.90 bits per heavy atom. The van der Waals surface area contributed by atoms with Crippen molar-refractivity contribution in [1.82, 2.24) is 4.98 Å². The molecule has 1 aromatic heterocycles. The predicted molar refractivity (Wildman–Crippen MR) is 81.5 cm³/mol. The minimum absolute atomic E-state index is 0.107. The van der Waals surface area contributed by atoms with E-state index in [0.29, 0.717) is 0 Å². The van der Waals surface area contributed by atoms with Crippen LogP contribution in [0.4, 0.5) is 5.69 Å². The van der Waals surface area contributed by atoms with Gasteiger partial charge < -0.3 is 5.32 Å². The van der Waals surface area contributed by atoms with E-state index in [1.165, 1.54) is 11.6 Å². The molecule has 0 fully saturated rings. The number of anilines is 1. The maximum Gasteiger partial charge on any atom is 0.238 e. The summed E-state index contributed by atoms with van der Waals surface area (Å²) in [7, 11) is -3.69. The molecule has 0 amide bonds.